The predicted molar refractivity (Wildman–Crippen MR) is 110 cm³/mol. The number of hydrogen-bond acceptors (Lipinski definition) is 5. The maximum Gasteiger partial charge on any atom is 0.287 e. The number of furan rings is 1. The molecule has 1 aliphatic heterocycles. The molecule has 1 unspecified atom stereocenters. The van der Waals surface area contributed by atoms with Gasteiger partial charge in [-0.25, -0.2) is 4.98 Å². The Bertz CT molecular complexity index is 1150. The molecule has 5 heterocycles. The molecule has 0 spiro atoms. The van der Waals surface area contributed by atoms with Gasteiger partial charge in [0.1, 0.15) is 11.4 Å². The zero-order valence-electron chi connectivity index (χ0n) is 16.5. The molecule has 0 saturated carbocycles. The molecule has 0 aromatic carbocycles. The van der Waals surface area contributed by atoms with Gasteiger partial charge in [-0.1, -0.05) is 0 Å². The molecule has 4 aromatic rings. The third-order valence-corrected chi connectivity index (χ3v) is 5.36. The molecule has 8 nitrogen and oxygen atoms in total. The molecular weight excluding hydrogens is 382 g/mol. The Labute approximate surface area is 173 Å². The molecule has 154 valence electrons. The Kier molecular flexibility index (Phi) is 5.06. The highest BCUT2D eigenvalue weighted by molar-refractivity contribution is 5.92. The molecule has 5 rings (SSSR count). The van der Waals surface area contributed by atoms with E-state index in [0.717, 1.165) is 49.4 Å². The summed E-state index contributed by atoms with van der Waals surface area (Å²) in [5.74, 6) is 1.15. The van der Waals surface area contributed by atoms with Crippen molar-refractivity contribution in [3.05, 3.63) is 66.6 Å². The number of ether oxygens (including phenoxy) is 1. The van der Waals surface area contributed by atoms with Crippen LogP contribution in [0.3, 0.4) is 0 Å². The fraction of sp³-hybridized carbons (Fsp3) is 0.318. The number of amides is 1. The first-order chi connectivity index (χ1) is 14.7. The zero-order chi connectivity index (χ0) is 20.3. The Morgan fingerprint density at radius 3 is 3.13 bits per heavy atom. The van der Waals surface area contributed by atoms with Crippen molar-refractivity contribution in [2.24, 2.45) is 5.92 Å². The number of pyridine rings is 1. The first-order valence-electron chi connectivity index (χ1n) is 10.1. The van der Waals surface area contributed by atoms with Crippen LogP contribution in [0.25, 0.3) is 17.0 Å². The van der Waals surface area contributed by atoms with Gasteiger partial charge in [-0.3, -0.25) is 9.48 Å². The first kappa shape index (κ1) is 18.6. The van der Waals surface area contributed by atoms with Crippen LogP contribution >= 0.6 is 0 Å². The molecule has 0 radical (unpaired) electrons. The molecule has 0 aliphatic carbocycles. The number of nitrogens with one attached hydrogen (secondary N) is 1. The lowest BCUT2D eigenvalue weighted by Crippen LogP contribution is -2.22. The van der Waals surface area contributed by atoms with Gasteiger partial charge in [0.25, 0.3) is 5.91 Å². The SMILES string of the molecule is O=C(NCc1ccn2ccnc2c1)c1ccc(-c2cnn(CC3CCCOC3)c2)o1. The quantitative estimate of drug-likeness (QED) is 0.533. The summed E-state index contributed by atoms with van der Waals surface area (Å²) < 4.78 is 15.2. The molecule has 1 saturated heterocycles. The first-order valence-corrected chi connectivity index (χ1v) is 10.1. The molecule has 1 fully saturated rings. The van der Waals surface area contributed by atoms with E-state index in [1.165, 1.54) is 0 Å². The van der Waals surface area contributed by atoms with E-state index in [2.05, 4.69) is 15.4 Å². The number of nitrogens with zero attached hydrogens (tertiary/aromatic N) is 4. The largest absolute Gasteiger partial charge is 0.451 e. The van der Waals surface area contributed by atoms with Crippen LogP contribution in [0.15, 0.2) is 59.7 Å². The second-order valence-electron chi connectivity index (χ2n) is 7.61. The van der Waals surface area contributed by atoms with Crippen LogP contribution < -0.4 is 5.32 Å². The van der Waals surface area contributed by atoms with E-state index in [9.17, 15) is 4.79 Å². The Morgan fingerprint density at radius 1 is 1.27 bits per heavy atom. The van der Waals surface area contributed by atoms with E-state index in [1.807, 2.05) is 39.8 Å². The molecule has 1 aliphatic rings. The molecule has 1 N–H and O–H groups in total. The fourth-order valence-electron chi connectivity index (χ4n) is 3.75. The maximum atomic E-state index is 12.5. The van der Waals surface area contributed by atoms with Gasteiger partial charge in [0, 0.05) is 50.4 Å². The topological polar surface area (TPSA) is 86.6 Å². The lowest BCUT2D eigenvalue weighted by Gasteiger charge is -2.21. The summed E-state index contributed by atoms with van der Waals surface area (Å²) in [6, 6.07) is 7.39. The summed E-state index contributed by atoms with van der Waals surface area (Å²) in [4.78, 5) is 16.7. The third-order valence-electron chi connectivity index (χ3n) is 5.36. The van der Waals surface area contributed by atoms with E-state index in [1.54, 1.807) is 24.5 Å². The van der Waals surface area contributed by atoms with Crippen molar-refractivity contribution in [2.45, 2.75) is 25.9 Å². The summed E-state index contributed by atoms with van der Waals surface area (Å²) >= 11 is 0. The van der Waals surface area contributed by atoms with E-state index in [0.29, 0.717) is 18.2 Å². The van der Waals surface area contributed by atoms with Crippen molar-refractivity contribution >= 4 is 11.6 Å². The molecule has 4 aromatic heterocycles. The molecule has 1 amide bonds. The number of hydrogen-bond donors (Lipinski definition) is 1. The number of rotatable bonds is 6. The summed E-state index contributed by atoms with van der Waals surface area (Å²) in [6.45, 7) is 2.87. The molecule has 8 heteroatoms. The van der Waals surface area contributed by atoms with Crippen molar-refractivity contribution < 1.29 is 13.9 Å². The van der Waals surface area contributed by atoms with Crippen LogP contribution in [-0.2, 0) is 17.8 Å². The second kappa shape index (κ2) is 8.16. The number of aromatic nitrogens is 4. The average molecular weight is 405 g/mol. The highest BCUT2D eigenvalue weighted by Crippen LogP contribution is 2.23. The minimum atomic E-state index is -0.254. The summed E-state index contributed by atoms with van der Waals surface area (Å²) in [5.41, 5.74) is 2.68. The molecule has 1 atom stereocenters. The highest BCUT2D eigenvalue weighted by atomic mass is 16.5. The van der Waals surface area contributed by atoms with Gasteiger partial charge in [-0.2, -0.15) is 5.10 Å². The Morgan fingerprint density at radius 2 is 2.23 bits per heavy atom. The summed E-state index contributed by atoms with van der Waals surface area (Å²) in [5, 5.41) is 7.32. The predicted octanol–water partition coefficient (Wildman–Crippen LogP) is 3.15. The Balaban J connectivity index is 1.21. The van der Waals surface area contributed by atoms with Crippen molar-refractivity contribution in [2.75, 3.05) is 13.2 Å². The highest BCUT2D eigenvalue weighted by Gasteiger charge is 2.17. The molecule has 0 bridgehead atoms. The molecule has 30 heavy (non-hydrogen) atoms. The van der Waals surface area contributed by atoms with Crippen LogP contribution in [0, 0.1) is 5.92 Å². The smallest absolute Gasteiger partial charge is 0.287 e. The fourth-order valence-corrected chi connectivity index (χ4v) is 3.75. The third kappa shape index (κ3) is 3.99. The number of carbonyl (C=O) groups excluding carboxylic acids is 1. The van der Waals surface area contributed by atoms with Crippen LogP contribution in [0.1, 0.15) is 29.0 Å². The minimum absolute atomic E-state index is 0.254. The Hall–Kier alpha value is -3.39. The minimum Gasteiger partial charge on any atom is -0.451 e. The monoisotopic (exact) mass is 405 g/mol. The second-order valence-corrected chi connectivity index (χ2v) is 7.61. The standard InChI is InChI=1S/C22H23N5O3/c28-22(24-11-16-5-7-26-8-6-23-21(26)10-16)20-4-3-19(30-20)18-12-25-27(14-18)13-17-2-1-9-29-15-17/h3-8,10,12,14,17H,1-2,9,11,13,15H2,(H,24,28). The number of imidazole rings is 1. The van der Waals surface area contributed by atoms with Crippen LogP contribution in [0.5, 0.6) is 0 Å². The van der Waals surface area contributed by atoms with Gasteiger partial charge in [0.15, 0.2) is 5.76 Å². The van der Waals surface area contributed by atoms with Crippen molar-refractivity contribution in [3.8, 4) is 11.3 Å². The van der Waals surface area contributed by atoms with Gasteiger partial charge in [-0.15, -0.1) is 0 Å². The van der Waals surface area contributed by atoms with E-state index in [-0.39, 0.29) is 11.7 Å². The molecular formula is C22H23N5O3. The van der Waals surface area contributed by atoms with Crippen molar-refractivity contribution in [3.63, 3.8) is 0 Å². The van der Waals surface area contributed by atoms with Crippen LogP contribution in [-0.4, -0.2) is 38.3 Å². The van der Waals surface area contributed by atoms with Gasteiger partial charge >= 0.3 is 0 Å². The van der Waals surface area contributed by atoms with E-state index in [4.69, 9.17) is 9.15 Å². The number of fused-ring (bicyclic) bond motifs is 1. The van der Waals surface area contributed by atoms with Crippen LogP contribution in [0.2, 0.25) is 0 Å². The number of carbonyl (C=O) groups is 1. The van der Waals surface area contributed by atoms with Gasteiger partial charge in [-0.05, 0) is 42.7 Å². The average Bonchev–Trinajstić information content (AvgIpc) is 3.52. The van der Waals surface area contributed by atoms with Gasteiger partial charge in [0.05, 0.1) is 18.4 Å². The summed E-state index contributed by atoms with van der Waals surface area (Å²) in [6.07, 6.45) is 11.5. The lowest BCUT2D eigenvalue weighted by molar-refractivity contribution is 0.0470. The lowest BCUT2D eigenvalue weighted by atomic mass is 10.0. The van der Waals surface area contributed by atoms with E-state index >= 15 is 0 Å². The zero-order valence-corrected chi connectivity index (χ0v) is 16.5. The normalized spacial score (nSPS) is 16.7. The van der Waals surface area contributed by atoms with E-state index < -0.39 is 0 Å². The van der Waals surface area contributed by atoms with Crippen molar-refractivity contribution in [1.82, 2.24) is 24.5 Å². The summed E-state index contributed by atoms with van der Waals surface area (Å²) in [7, 11) is 0. The van der Waals surface area contributed by atoms with Gasteiger partial charge in [0.2, 0.25) is 0 Å². The van der Waals surface area contributed by atoms with Crippen LogP contribution in [0.4, 0.5) is 0 Å². The van der Waals surface area contributed by atoms with Crippen molar-refractivity contribution in [1.29, 1.82) is 0 Å². The van der Waals surface area contributed by atoms with Gasteiger partial charge < -0.3 is 18.9 Å². The maximum absolute atomic E-state index is 12.5.